The van der Waals surface area contributed by atoms with Gasteiger partial charge in [-0.3, -0.25) is 0 Å². The Morgan fingerprint density at radius 2 is 2.25 bits per heavy atom. The molecule has 1 rings (SSSR count). The van der Waals surface area contributed by atoms with E-state index < -0.39 is 0 Å². The van der Waals surface area contributed by atoms with Gasteiger partial charge in [-0.15, -0.1) is 0 Å². The maximum Gasteiger partial charge on any atom is 0.0774 e. The third-order valence-corrected chi connectivity index (χ3v) is 1.76. The topological polar surface area (TPSA) is 20.2 Å². The molecule has 1 heteroatoms. The molecule has 0 heterocycles. The summed E-state index contributed by atoms with van der Waals surface area (Å²) in [7, 11) is 0. The van der Waals surface area contributed by atoms with E-state index in [-0.39, 0.29) is 11.5 Å². The predicted molar refractivity (Wildman–Crippen MR) is 33.5 cm³/mol. The van der Waals surface area contributed by atoms with Crippen molar-refractivity contribution < 1.29 is 5.11 Å². The molecule has 0 saturated heterocycles. The van der Waals surface area contributed by atoms with Crippen LogP contribution < -0.4 is 0 Å². The lowest BCUT2D eigenvalue weighted by Gasteiger charge is -2.21. The highest BCUT2D eigenvalue weighted by molar-refractivity contribution is 5.06. The Balaban J connectivity index is 2.64. The van der Waals surface area contributed by atoms with Crippen LogP contribution in [-0.4, -0.2) is 11.2 Å². The molecular formula is C7H12O. The van der Waals surface area contributed by atoms with Crippen LogP contribution in [0.3, 0.4) is 0 Å². The van der Waals surface area contributed by atoms with Gasteiger partial charge in [-0.1, -0.05) is 26.0 Å². The summed E-state index contributed by atoms with van der Waals surface area (Å²) < 4.78 is 0. The second-order valence-corrected chi connectivity index (χ2v) is 3.07. The van der Waals surface area contributed by atoms with Crippen LogP contribution in [0.1, 0.15) is 20.3 Å². The molecule has 0 aromatic carbocycles. The largest absolute Gasteiger partial charge is 0.388 e. The van der Waals surface area contributed by atoms with Crippen molar-refractivity contribution in [3.8, 4) is 0 Å². The predicted octanol–water partition coefficient (Wildman–Crippen LogP) is 1.33. The maximum absolute atomic E-state index is 9.17. The summed E-state index contributed by atoms with van der Waals surface area (Å²) in [6.45, 7) is 4.13. The van der Waals surface area contributed by atoms with Crippen LogP contribution in [0.5, 0.6) is 0 Å². The second-order valence-electron chi connectivity index (χ2n) is 3.07. The van der Waals surface area contributed by atoms with Gasteiger partial charge in [-0.25, -0.2) is 0 Å². The first-order valence-corrected chi connectivity index (χ1v) is 2.98. The van der Waals surface area contributed by atoms with Crippen LogP contribution in [0, 0.1) is 5.41 Å². The summed E-state index contributed by atoms with van der Waals surface area (Å²) in [5, 5.41) is 9.17. The first-order chi connectivity index (χ1) is 3.63. The standard InChI is InChI=1S/C7H12O/c1-7(2)5-3-4-6(7)8/h3-4,6,8H,5H2,1-2H3/t6-/m0/s1. The Kier molecular flexibility index (Phi) is 1.16. The summed E-state index contributed by atoms with van der Waals surface area (Å²) in [5.41, 5.74) is 0.0972. The van der Waals surface area contributed by atoms with Crippen LogP contribution in [0.2, 0.25) is 0 Å². The van der Waals surface area contributed by atoms with E-state index in [1.54, 1.807) is 0 Å². The van der Waals surface area contributed by atoms with E-state index in [1.165, 1.54) is 0 Å². The fraction of sp³-hybridized carbons (Fsp3) is 0.714. The van der Waals surface area contributed by atoms with E-state index in [2.05, 4.69) is 13.8 Å². The van der Waals surface area contributed by atoms with E-state index in [0.717, 1.165) is 6.42 Å². The number of hydrogen-bond acceptors (Lipinski definition) is 1. The first kappa shape index (κ1) is 5.83. The van der Waals surface area contributed by atoms with Crippen LogP contribution in [0.15, 0.2) is 12.2 Å². The Bertz CT molecular complexity index is 114. The summed E-state index contributed by atoms with van der Waals surface area (Å²) in [5.74, 6) is 0. The molecule has 1 aliphatic carbocycles. The number of aliphatic hydroxyl groups excluding tert-OH is 1. The molecule has 0 saturated carbocycles. The first-order valence-electron chi connectivity index (χ1n) is 2.98. The molecule has 0 aliphatic heterocycles. The van der Waals surface area contributed by atoms with Gasteiger partial charge in [0.15, 0.2) is 0 Å². The molecule has 0 radical (unpaired) electrons. The van der Waals surface area contributed by atoms with Crippen molar-refractivity contribution in [3.63, 3.8) is 0 Å². The molecule has 0 fully saturated rings. The Labute approximate surface area is 50.0 Å². The zero-order valence-electron chi connectivity index (χ0n) is 5.39. The molecule has 0 aromatic rings. The van der Waals surface area contributed by atoms with Gasteiger partial charge >= 0.3 is 0 Å². The second kappa shape index (κ2) is 1.59. The molecule has 0 amide bonds. The van der Waals surface area contributed by atoms with Crippen LogP contribution in [0.25, 0.3) is 0 Å². The van der Waals surface area contributed by atoms with Crippen molar-refractivity contribution in [1.29, 1.82) is 0 Å². The third kappa shape index (κ3) is 0.781. The van der Waals surface area contributed by atoms with Gasteiger partial charge in [0.2, 0.25) is 0 Å². The minimum absolute atomic E-state index is 0.0972. The molecular weight excluding hydrogens is 100 g/mol. The SMILES string of the molecule is CC1(C)CC=C[C@@H]1O. The van der Waals surface area contributed by atoms with Crippen LogP contribution in [-0.2, 0) is 0 Å². The zero-order chi connectivity index (χ0) is 6.20. The Hall–Kier alpha value is -0.300. The summed E-state index contributed by atoms with van der Waals surface area (Å²) >= 11 is 0. The molecule has 0 spiro atoms. The normalized spacial score (nSPS) is 33.6. The summed E-state index contributed by atoms with van der Waals surface area (Å²) in [6.07, 6.45) is 4.68. The van der Waals surface area contributed by atoms with Crippen molar-refractivity contribution in [2.24, 2.45) is 5.41 Å². The summed E-state index contributed by atoms with van der Waals surface area (Å²) in [4.78, 5) is 0. The van der Waals surface area contributed by atoms with Gasteiger partial charge < -0.3 is 5.11 Å². The van der Waals surface area contributed by atoms with E-state index in [0.29, 0.717) is 0 Å². The van der Waals surface area contributed by atoms with Gasteiger partial charge in [-0.05, 0) is 11.8 Å². The highest BCUT2D eigenvalue weighted by Gasteiger charge is 2.28. The molecule has 1 atom stereocenters. The average Bonchev–Trinajstić information content (AvgIpc) is 1.86. The average molecular weight is 112 g/mol. The van der Waals surface area contributed by atoms with E-state index >= 15 is 0 Å². The minimum atomic E-state index is -0.220. The quantitative estimate of drug-likeness (QED) is 0.469. The van der Waals surface area contributed by atoms with Crippen LogP contribution >= 0.6 is 0 Å². The van der Waals surface area contributed by atoms with Crippen molar-refractivity contribution in [2.45, 2.75) is 26.4 Å². The lowest BCUT2D eigenvalue weighted by Crippen LogP contribution is -2.22. The molecule has 8 heavy (non-hydrogen) atoms. The van der Waals surface area contributed by atoms with Crippen molar-refractivity contribution in [2.75, 3.05) is 0 Å². The summed E-state index contributed by atoms with van der Waals surface area (Å²) in [6, 6.07) is 0. The number of hydrogen-bond donors (Lipinski definition) is 1. The monoisotopic (exact) mass is 112 g/mol. The third-order valence-electron chi connectivity index (χ3n) is 1.76. The highest BCUT2D eigenvalue weighted by atomic mass is 16.3. The fourth-order valence-electron chi connectivity index (χ4n) is 0.882. The van der Waals surface area contributed by atoms with Crippen molar-refractivity contribution in [3.05, 3.63) is 12.2 Å². The molecule has 1 aliphatic rings. The molecule has 0 aromatic heterocycles. The molecule has 0 unspecified atom stereocenters. The van der Waals surface area contributed by atoms with E-state index in [1.807, 2.05) is 12.2 Å². The molecule has 1 N–H and O–H groups in total. The smallest absolute Gasteiger partial charge is 0.0774 e. The lowest BCUT2D eigenvalue weighted by molar-refractivity contribution is 0.106. The van der Waals surface area contributed by atoms with Crippen LogP contribution in [0.4, 0.5) is 0 Å². The van der Waals surface area contributed by atoms with Gasteiger partial charge in [-0.2, -0.15) is 0 Å². The zero-order valence-corrected chi connectivity index (χ0v) is 5.39. The number of allylic oxidation sites excluding steroid dienone is 1. The van der Waals surface area contributed by atoms with E-state index in [4.69, 9.17) is 0 Å². The van der Waals surface area contributed by atoms with Crippen molar-refractivity contribution >= 4 is 0 Å². The Morgan fingerprint density at radius 3 is 2.38 bits per heavy atom. The lowest BCUT2D eigenvalue weighted by atomic mass is 9.89. The number of aliphatic hydroxyl groups is 1. The van der Waals surface area contributed by atoms with E-state index in [9.17, 15) is 5.11 Å². The van der Waals surface area contributed by atoms with Gasteiger partial charge in [0.25, 0.3) is 0 Å². The number of rotatable bonds is 0. The fourth-order valence-corrected chi connectivity index (χ4v) is 0.882. The highest BCUT2D eigenvalue weighted by Crippen LogP contribution is 2.31. The van der Waals surface area contributed by atoms with Crippen molar-refractivity contribution in [1.82, 2.24) is 0 Å². The van der Waals surface area contributed by atoms with Gasteiger partial charge in [0.05, 0.1) is 6.10 Å². The van der Waals surface area contributed by atoms with Gasteiger partial charge in [0, 0.05) is 0 Å². The molecule has 0 bridgehead atoms. The van der Waals surface area contributed by atoms with Gasteiger partial charge in [0.1, 0.15) is 0 Å². The molecule has 46 valence electrons. The Morgan fingerprint density at radius 1 is 1.62 bits per heavy atom. The minimum Gasteiger partial charge on any atom is -0.388 e. The molecule has 1 nitrogen and oxygen atoms in total. The maximum atomic E-state index is 9.17.